The van der Waals surface area contributed by atoms with Gasteiger partial charge in [-0.3, -0.25) is 0 Å². The number of rotatable bonds is 9. The molecule has 2 atom stereocenters. The molecule has 0 bridgehead atoms. The van der Waals surface area contributed by atoms with Crippen LogP contribution >= 0.6 is 0 Å². The first-order valence-electron chi connectivity index (χ1n) is 7.91. The lowest BCUT2D eigenvalue weighted by molar-refractivity contribution is -0.0190. The molecule has 4 nitrogen and oxygen atoms in total. The number of hydrogen-bond acceptors (Lipinski definition) is 4. The summed E-state index contributed by atoms with van der Waals surface area (Å²) in [5, 5.41) is 13.4. The molecular formula is C17H27NO3. The van der Waals surface area contributed by atoms with Crippen LogP contribution in [0.4, 0.5) is 0 Å². The maximum absolute atomic E-state index is 9.97. The van der Waals surface area contributed by atoms with Crippen LogP contribution in [0.15, 0.2) is 30.3 Å². The van der Waals surface area contributed by atoms with Crippen LogP contribution in [0.2, 0.25) is 0 Å². The van der Waals surface area contributed by atoms with Crippen LogP contribution in [0.25, 0.3) is 0 Å². The zero-order valence-electron chi connectivity index (χ0n) is 12.9. The van der Waals surface area contributed by atoms with Crippen molar-refractivity contribution in [1.29, 1.82) is 0 Å². The largest absolute Gasteiger partial charge is 0.394 e. The Morgan fingerprint density at radius 1 is 1.38 bits per heavy atom. The number of aliphatic hydroxyl groups excluding tert-OH is 1. The summed E-state index contributed by atoms with van der Waals surface area (Å²) in [4.78, 5) is 0. The fourth-order valence-corrected chi connectivity index (χ4v) is 2.69. The molecular weight excluding hydrogens is 266 g/mol. The molecule has 21 heavy (non-hydrogen) atoms. The summed E-state index contributed by atoms with van der Waals surface area (Å²) >= 11 is 0. The Kier molecular flexibility index (Phi) is 6.64. The number of ether oxygens (including phenoxy) is 2. The normalized spacial score (nSPS) is 21.3. The van der Waals surface area contributed by atoms with Gasteiger partial charge in [-0.2, -0.15) is 0 Å². The fraction of sp³-hybridized carbons (Fsp3) is 0.647. The van der Waals surface area contributed by atoms with Crippen molar-refractivity contribution in [3.63, 3.8) is 0 Å². The van der Waals surface area contributed by atoms with Crippen molar-refractivity contribution in [2.24, 2.45) is 0 Å². The van der Waals surface area contributed by atoms with Crippen LogP contribution in [0, 0.1) is 0 Å². The minimum atomic E-state index is -0.532. The lowest BCUT2D eigenvalue weighted by Crippen LogP contribution is -2.50. The van der Waals surface area contributed by atoms with E-state index < -0.39 is 5.54 Å². The lowest BCUT2D eigenvalue weighted by Gasteiger charge is -2.34. The average molecular weight is 293 g/mol. The molecule has 1 aliphatic heterocycles. The van der Waals surface area contributed by atoms with Gasteiger partial charge in [-0.1, -0.05) is 37.3 Å². The highest BCUT2D eigenvalue weighted by atomic mass is 16.5. The van der Waals surface area contributed by atoms with Gasteiger partial charge in [0.15, 0.2) is 0 Å². The molecule has 0 radical (unpaired) electrons. The third kappa shape index (κ3) is 4.51. The second-order valence-electron chi connectivity index (χ2n) is 5.68. The molecule has 2 N–H and O–H groups in total. The predicted octanol–water partition coefficient (Wildman–Crippen LogP) is 2.07. The van der Waals surface area contributed by atoms with Crippen molar-refractivity contribution in [1.82, 2.24) is 5.32 Å². The van der Waals surface area contributed by atoms with Crippen molar-refractivity contribution >= 4 is 0 Å². The van der Waals surface area contributed by atoms with Gasteiger partial charge < -0.3 is 19.9 Å². The molecule has 0 saturated carbocycles. The van der Waals surface area contributed by atoms with Crippen LogP contribution in [-0.4, -0.2) is 44.2 Å². The molecule has 4 heteroatoms. The highest BCUT2D eigenvalue weighted by Crippen LogP contribution is 2.22. The summed E-state index contributed by atoms with van der Waals surface area (Å²) in [5.41, 5.74) is 0.531. The van der Waals surface area contributed by atoms with Crippen LogP contribution in [0.3, 0.4) is 0 Å². The topological polar surface area (TPSA) is 50.7 Å². The Labute approximate surface area is 127 Å². The molecule has 0 amide bonds. The summed E-state index contributed by atoms with van der Waals surface area (Å²) in [5.74, 6) is 0. The summed E-state index contributed by atoms with van der Waals surface area (Å²) in [7, 11) is 0. The molecule has 1 aliphatic rings. The highest BCUT2D eigenvalue weighted by molar-refractivity contribution is 5.25. The van der Waals surface area contributed by atoms with Gasteiger partial charge >= 0.3 is 0 Å². The lowest BCUT2D eigenvalue weighted by atomic mass is 9.91. The summed E-state index contributed by atoms with van der Waals surface area (Å²) in [6.07, 6.45) is 3.41. The number of hydrogen-bond donors (Lipinski definition) is 2. The average Bonchev–Trinajstić information content (AvgIpc) is 3.05. The van der Waals surface area contributed by atoms with E-state index >= 15 is 0 Å². The van der Waals surface area contributed by atoms with E-state index in [0.717, 1.165) is 38.0 Å². The minimum absolute atomic E-state index is 0.0164. The third-order valence-electron chi connectivity index (χ3n) is 3.99. The van der Waals surface area contributed by atoms with E-state index in [9.17, 15) is 5.11 Å². The molecule has 1 aromatic rings. The maximum atomic E-state index is 9.97. The molecule has 2 rings (SSSR count). The standard InChI is InChI=1S/C17H27NO3/c1-2-10-18-17(13-19,15-7-4-3-5-8-15)14-20-12-16-9-6-11-21-16/h3-5,7-8,16,18-19H,2,6,9-14H2,1H3. The van der Waals surface area contributed by atoms with E-state index in [1.807, 2.05) is 30.3 Å². The summed E-state index contributed by atoms with van der Waals surface area (Å²) < 4.78 is 11.5. The molecule has 1 heterocycles. The van der Waals surface area contributed by atoms with Crippen molar-refractivity contribution in [3.05, 3.63) is 35.9 Å². The second kappa shape index (κ2) is 8.49. The Morgan fingerprint density at radius 3 is 2.81 bits per heavy atom. The molecule has 0 spiro atoms. The van der Waals surface area contributed by atoms with Crippen LogP contribution < -0.4 is 5.32 Å². The predicted molar refractivity (Wildman–Crippen MR) is 83.3 cm³/mol. The Balaban J connectivity index is 1.99. The van der Waals surface area contributed by atoms with Gasteiger partial charge in [0.1, 0.15) is 0 Å². The highest BCUT2D eigenvalue weighted by Gasteiger charge is 2.31. The fourth-order valence-electron chi connectivity index (χ4n) is 2.69. The van der Waals surface area contributed by atoms with Crippen molar-refractivity contribution in [2.45, 2.75) is 37.8 Å². The first-order chi connectivity index (χ1) is 10.3. The van der Waals surface area contributed by atoms with E-state index in [2.05, 4.69) is 12.2 Å². The van der Waals surface area contributed by atoms with Gasteiger partial charge in [-0.05, 0) is 31.4 Å². The molecule has 0 aromatic heterocycles. The number of nitrogens with one attached hydrogen (secondary N) is 1. The summed E-state index contributed by atoms with van der Waals surface area (Å²) in [6, 6.07) is 10.0. The van der Waals surface area contributed by atoms with Gasteiger partial charge in [0.25, 0.3) is 0 Å². The van der Waals surface area contributed by atoms with E-state index in [1.54, 1.807) is 0 Å². The Hall–Kier alpha value is -0.940. The van der Waals surface area contributed by atoms with Gasteiger partial charge in [-0.15, -0.1) is 0 Å². The quantitative estimate of drug-likeness (QED) is 0.732. The number of benzene rings is 1. The SMILES string of the molecule is CCCNC(CO)(COCC1CCCO1)c1ccccc1. The molecule has 1 aromatic carbocycles. The second-order valence-corrected chi connectivity index (χ2v) is 5.68. The van der Waals surface area contributed by atoms with E-state index in [1.165, 1.54) is 0 Å². The smallest absolute Gasteiger partial charge is 0.0905 e. The van der Waals surface area contributed by atoms with Crippen molar-refractivity contribution < 1.29 is 14.6 Å². The Bertz CT molecular complexity index is 392. The minimum Gasteiger partial charge on any atom is -0.394 e. The first-order valence-corrected chi connectivity index (χ1v) is 7.91. The van der Waals surface area contributed by atoms with Crippen LogP contribution in [-0.2, 0) is 15.0 Å². The molecule has 1 fully saturated rings. The number of aliphatic hydroxyl groups is 1. The third-order valence-corrected chi connectivity index (χ3v) is 3.99. The molecule has 2 unspecified atom stereocenters. The zero-order valence-corrected chi connectivity index (χ0v) is 12.9. The maximum Gasteiger partial charge on any atom is 0.0905 e. The van der Waals surface area contributed by atoms with Crippen molar-refractivity contribution in [2.75, 3.05) is 33.0 Å². The van der Waals surface area contributed by atoms with Gasteiger partial charge in [0.2, 0.25) is 0 Å². The van der Waals surface area contributed by atoms with Crippen LogP contribution in [0.5, 0.6) is 0 Å². The van der Waals surface area contributed by atoms with E-state index in [-0.39, 0.29) is 12.7 Å². The molecule has 118 valence electrons. The summed E-state index contributed by atoms with van der Waals surface area (Å²) in [6.45, 7) is 4.87. The van der Waals surface area contributed by atoms with Crippen LogP contribution in [0.1, 0.15) is 31.7 Å². The Morgan fingerprint density at radius 2 is 2.19 bits per heavy atom. The van der Waals surface area contributed by atoms with Crippen molar-refractivity contribution in [3.8, 4) is 0 Å². The van der Waals surface area contributed by atoms with E-state index in [0.29, 0.717) is 13.2 Å². The van der Waals surface area contributed by atoms with E-state index in [4.69, 9.17) is 9.47 Å². The van der Waals surface area contributed by atoms with Gasteiger partial charge in [-0.25, -0.2) is 0 Å². The van der Waals surface area contributed by atoms with Gasteiger partial charge in [0, 0.05) is 6.61 Å². The molecule has 0 aliphatic carbocycles. The first kappa shape index (κ1) is 16.4. The van der Waals surface area contributed by atoms with Gasteiger partial charge in [0.05, 0.1) is 31.5 Å². The molecule has 1 saturated heterocycles. The monoisotopic (exact) mass is 293 g/mol. The zero-order chi connectivity index (χ0) is 15.0.